The van der Waals surface area contributed by atoms with Crippen molar-refractivity contribution in [2.45, 2.75) is 13.1 Å². The molecule has 1 heterocycles. The Morgan fingerprint density at radius 2 is 2.11 bits per heavy atom. The van der Waals surface area contributed by atoms with Gasteiger partial charge in [0.1, 0.15) is 12.4 Å². The average Bonchev–Trinajstić information content (AvgIpc) is 2.91. The lowest BCUT2D eigenvalue weighted by Crippen LogP contribution is -2.13. The lowest BCUT2D eigenvalue weighted by Gasteiger charge is -2.10. The second-order valence-electron chi connectivity index (χ2n) is 3.84. The van der Waals surface area contributed by atoms with Crippen molar-refractivity contribution < 1.29 is 9.15 Å². The molecule has 2 rings (SSSR count). The van der Waals surface area contributed by atoms with Gasteiger partial charge in [0.15, 0.2) is 0 Å². The summed E-state index contributed by atoms with van der Waals surface area (Å²) < 4.78 is 10.5. The molecule has 1 aromatic heterocycles. The van der Waals surface area contributed by atoms with E-state index in [-0.39, 0.29) is 0 Å². The summed E-state index contributed by atoms with van der Waals surface area (Å²) >= 11 is 0. The van der Waals surface area contributed by atoms with E-state index < -0.39 is 0 Å². The summed E-state index contributed by atoms with van der Waals surface area (Å²) in [4.78, 5) is 0. The van der Waals surface area contributed by atoms with Crippen molar-refractivity contribution in [1.29, 1.82) is 0 Å². The standard InChI is InChI=1S/C15H15NO2/c1-2-8-18-15-6-4-3-5-14(15)11-16-10-13-7-9-17-12-13/h1,3-7,9,12,16H,8,10-11H2. The van der Waals surface area contributed by atoms with Crippen LogP contribution in [0.15, 0.2) is 47.3 Å². The van der Waals surface area contributed by atoms with Crippen LogP contribution < -0.4 is 10.1 Å². The Morgan fingerprint density at radius 3 is 2.89 bits per heavy atom. The maximum absolute atomic E-state index is 5.48. The van der Waals surface area contributed by atoms with Gasteiger partial charge < -0.3 is 14.5 Å². The predicted octanol–water partition coefficient (Wildman–Crippen LogP) is 2.58. The first-order valence-electron chi connectivity index (χ1n) is 5.76. The molecular weight excluding hydrogens is 226 g/mol. The van der Waals surface area contributed by atoms with Gasteiger partial charge in [-0.05, 0) is 12.1 Å². The molecule has 0 saturated carbocycles. The number of hydrogen-bond donors (Lipinski definition) is 1. The van der Waals surface area contributed by atoms with Gasteiger partial charge in [-0.2, -0.15) is 0 Å². The molecule has 0 saturated heterocycles. The Kier molecular flexibility index (Phi) is 4.46. The molecule has 0 spiro atoms. The van der Waals surface area contributed by atoms with E-state index in [0.29, 0.717) is 6.61 Å². The third-order valence-electron chi connectivity index (χ3n) is 2.51. The van der Waals surface area contributed by atoms with Crippen LogP contribution in [0.1, 0.15) is 11.1 Å². The zero-order valence-corrected chi connectivity index (χ0v) is 10.1. The van der Waals surface area contributed by atoms with Crippen LogP contribution in [0.5, 0.6) is 5.75 Å². The maximum Gasteiger partial charge on any atom is 0.148 e. The van der Waals surface area contributed by atoms with Gasteiger partial charge in [-0.15, -0.1) is 6.42 Å². The van der Waals surface area contributed by atoms with Crippen LogP contribution >= 0.6 is 0 Å². The van der Waals surface area contributed by atoms with Gasteiger partial charge >= 0.3 is 0 Å². The van der Waals surface area contributed by atoms with Crippen LogP contribution in [0.4, 0.5) is 0 Å². The van der Waals surface area contributed by atoms with Crippen LogP contribution in [0, 0.1) is 12.3 Å². The summed E-state index contributed by atoms with van der Waals surface area (Å²) in [6.07, 6.45) is 8.59. The number of ether oxygens (including phenoxy) is 1. The van der Waals surface area contributed by atoms with Gasteiger partial charge in [0, 0.05) is 24.2 Å². The van der Waals surface area contributed by atoms with Crippen LogP contribution in [-0.2, 0) is 13.1 Å². The fourth-order valence-corrected chi connectivity index (χ4v) is 1.64. The molecule has 0 unspecified atom stereocenters. The molecular formula is C15H15NO2. The Morgan fingerprint density at radius 1 is 1.22 bits per heavy atom. The Hall–Kier alpha value is -2.18. The van der Waals surface area contributed by atoms with Crippen molar-refractivity contribution in [1.82, 2.24) is 5.32 Å². The molecule has 0 radical (unpaired) electrons. The van der Waals surface area contributed by atoms with E-state index in [4.69, 9.17) is 15.6 Å². The van der Waals surface area contributed by atoms with Crippen LogP contribution in [0.2, 0.25) is 0 Å². The van der Waals surface area contributed by atoms with E-state index in [1.807, 2.05) is 30.3 Å². The molecule has 1 aromatic carbocycles. The van der Waals surface area contributed by atoms with E-state index in [2.05, 4.69) is 11.2 Å². The molecule has 3 nitrogen and oxygen atoms in total. The van der Waals surface area contributed by atoms with Crippen LogP contribution in [0.3, 0.4) is 0 Å². The molecule has 0 aliphatic heterocycles. The van der Waals surface area contributed by atoms with Crippen molar-refractivity contribution in [3.63, 3.8) is 0 Å². The highest BCUT2D eigenvalue weighted by Crippen LogP contribution is 2.17. The lowest BCUT2D eigenvalue weighted by molar-refractivity contribution is 0.364. The van der Waals surface area contributed by atoms with Crippen molar-refractivity contribution in [2.24, 2.45) is 0 Å². The number of hydrogen-bond acceptors (Lipinski definition) is 3. The fraction of sp³-hybridized carbons (Fsp3) is 0.200. The predicted molar refractivity (Wildman–Crippen MR) is 70.0 cm³/mol. The molecule has 1 N–H and O–H groups in total. The minimum absolute atomic E-state index is 0.290. The lowest BCUT2D eigenvalue weighted by atomic mass is 10.2. The quantitative estimate of drug-likeness (QED) is 0.789. The van der Waals surface area contributed by atoms with Crippen molar-refractivity contribution >= 4 is 0 Å². The highest BCUT2D eigenvalue weighted by atomic mass is 16.5. The number of furan rings is 1. The second kappa shape index (κ2) is 6.53. The molecule has 0 aliphatic carbocycles. The third kappa shape index (κ3) is 3.41. The molecule has 92 valence electrons. The Balaban J connectivity index is 1.90. The SMILES string of the molecule is C#CCOc1ccccc1CNCc1ccoc1. The fourth-order valence-electron chi connectivity index (χ4n) is 1.64. The number of rotatable bonds is 6. The van der Waals surface area contributed by atoms with Gasteiger partial charge in [0.05, 0.1) is 12.5 Å². The van der Waals surface area contributed by atoms with Gasteiger partial charge in [0.2, 0.25) is 0 Å². The van der Waals surface area contributed by atoms with Crippen LogP contribution in [-0.4, -0.2) is 6.61 Å². The zero-order valence-electron chi connectivity index (χ0n) is 10.1. The second-order valence-corrected chi connectivity index (χ2v) is 3.84. The first kappa shape index (κ1) is 12.3. The highest BCUT2D eigenvalue weighted by molar-refractivity contribution is 5.33. The highest BCUT2D eigenvalue weighted by Gasteiger charge is 2.02. The topological polar surface area (TPSA) is 34.4 Å². The van der Waals surface area contributed by atoms with Gasteiger partial charge in [-0.3, -0.25) is 0 Å². The third-order valence-corrected chi connectivity index (χ3v) is 2.51. The molecule has 0 atom stereocenters. The van der Waals surface area contributed by atoms with E-state index in [1.54, 1.807) is 12.5 Å². The van der Waals surface area contributed by atoms with Gasteiger partial charge in [-0.1, -0.05) is 24.1 Å². The summed E-state index contributed by atoms with van der Waals surface area (Å²) in [6.45, 7) is 1.78. The Bertz CT molecular complexity index is 512. The maximum atomic E-state index is 5.48. The zero-order chi connectivity index (χ0) is 12.6. The normalized spacial score (nSPS) is 9.94. The smallest absolute Gasteiger partial charge is 0.148 e. The summed E-state index contributed by atoms with van der Waals surface area (Å²) in [5.74, 6) is 3.30. The molecule has 0 aliphatic rings. The summed E-state index contributed by atoms with van der Waals surface area (Å²) in [7, 11) is 0. The van der Waals surface area contributed by atoms with Crippen molar-refractivity contribution in [3.05, 3.63) is 54.0 Å². The number of para-hydroxylation sites is 1. The summed E-state index contributed by atoms with van der Waals surface area (Å²) in [6, 6.07) is 9.80. The molecule has 0 amide bonds. The van der Waals surface area contributed by atoms with Crippen molar-refractivity contribution in [3.8, 4) is 18.1 Å². The molecule has 0 bridgehead atoms. The molecule has 3 heteroatoms. The molecule has 18 heavy (non-hydrogen) atoms. The number of benzene rings is 1. The van der Waals surface area contributed by atoms with Crippen molar-refractivity contribution in [2.75, 3.05) is 6.61 Å². The van der Waals surface area contributed by atoms with Gasteiger partial charge in [0.25, 0.3) is 0 Å². The first-order chi connectivity index (χ1) is 8.90. The molecule has 0 fully saturated rings. The summed E-state index contributed by atoms with van der Waals surface area (Å²) in [5, 5.41) is 3.33. The molecule has 2 aromatic rings. The van der Waals surface area contributed by atoms with E-state index >= 15 is 0 Å². The largest absolute Gasteiger partial charge is 0.481 e. The minimum Gasteiger partial charge on any atom is -0.481 e. The van der Waals surface area contributed by atoms with Crippen LogP contribution in [0.25, 0.3) is 0 Å². The van der Waals surface area contributed by atoms with E-state index in [1.165, 1.54) is 0 Å². The number of terminal acetylenes is 1. The van der Waals surface area contributed by atoms with Gasteiger partial charge in [-0.25, -0.2) is 0 Å². The van der Waals surface area contributed by atoms with E-state index in [9.17, 15) is 0 Å². The average molecular weight is 241 g/mol. The Labute approximate surface area is 107 Å². The first-order valence-corrected chi connectivity index (χ1v) is 5.76. The summed E-state index contributed by atoms with van der Waals surface area (Å²) in [5.41, 5.74) is 2.22. The number of nitrogens with one attached hydrogen (secondary N) is 1. The minimum atomic E-state index is 0.290. The monoisotopic (exact) mass is 241 g/mol. The van der Waals surface area contributed by atoms with E-state index in [0.717, 1.165) is 30.0 Å².